The molecule has 1 amide bonds. The Bertz CT molecular complexity index is 980. The Kier molecular flexibility index (Phi) is 5.53. The van der Waals surface area contributed by atoms with Gasteiger partial charge in [-0.1, -0.05) is 18.2 Å². The van der Waals surface area contributed by atoms with Crippen LogP contribution in [0.3, 0.4) is 0 Å². The number of aromatic nitrogens is 2. The fourth-order valence-corrected chi connectivity index (χ4v) is 2.70. The number of para-hydroxylation sites is 1. The summed E-state index contributed by atoms with van der Waals surface area (Å²) in [5.74, 6) is -0.321. The van der Waals surface area contributed by atoms with Gasteiger partial charge in [0.1, 0.15) is 0 Å². The van der Waals surface area contributed by atoms with Crippen LogP contribution in [0.1, 0.15) is 28.8 Å². The van der Waals surface area contributed by atoms with Gasteiger partial charge in [0.05, 0.1) is 0 Å². The van der Waals surface area contributed by atoms with Crippen LogP contribution in [0.5, 0.6) is 0 Å². The number of ketones is 1. The van der Waals surface area contributed by atoms with Crippen LogP contribution < -0.4 is 10.9 Å². The van der Waals surface area contributed by atoms with Gasteiger partial charge >= 0.3 is 0 Å². The maximum atomic E-state index is 12.1. The number of amides is 1. The molecule has 0 atom stereocenters. The van der Waals surface area contributed by atoms with Crippen LogP contribution in [0.2, 0.25) is 0 Å². The molecule has 0 aliphatic rings. The Morgan fingerprint density at radius 1 is 1.08 bits per heavy atom. The smallest absolute Gasteiger partial charge is 0.251 e. The van der Waals surface area contributed by atoms with Crippen LogP contribution in [-0.2, 0) is 11.2 Å². The van der Waals surface area contributed by atoms with Gasteiger partial charge in [0.15, 0.2) is 5.78 Å². The number of aromatic amines is 1. The van der Waals surface area contributed by atoms with E-state index in [2.05, 4.69) is 15.3 Å². The molecule has 0 unspecified atom stereocenters. The maximum Gasteiger partial charge on any atom is 0.251 e. The Hall–Kier alpha value is -3.28. The first-order valence-electron chi connectivity index (χ1n) is 8.44. The molecule has 0 saturated heterocycles. The van der Waals surface area contributed by atoms with Gasteiger partial charge in [-0.3, -0.25) is 19.4 Å². The van der Waals surface area contributed by atoms with E-state index in [1.54, 1.807) is 18.3 Å². The second-order valence-corrected chi connectivity index (χ2v) is 5.98. The van der Waals surface area contributed by atoms with Crippen LogP contribution in [0.4, 0.5) is 0 Å². The molecule has 0 spiro atoms. The number of nitrogens with zero attached hydrogens (tertiary/aromatic N) is 1. The number of hydrogen-bond acceptors (Lipinski definition) is 4. The highest BCUT2D eigenvalue weighted by Crippen LogP contribution is 2.10. The number of nitrogens with one attached hydrogen (secondary N) is 2. The molecule has 2 N–H and O–H groups in total. The number of Topliss-reactive ketones (excluding diaryl/α,β-unsaturated/α-hetero) is 1. The van der Waals surface area contributed by atoms with Gasteiger partial charge in [0.25, 0.3) is 5.56 Å². The Morgan fingerprint density at radius 3 is 2.73 bits per heavy atom. The summed E-state index contributed by atoms with van der Waals surface area (Å²) < 4.78 is 0. The fourth-order valence-electron chi connectivity index (χ4n) is 2.70. The van der Waals surface area contributed by atoms with Crippen molar-refractivity contribution in [3.63, 3.8) is 0 Å². The minimum atomic E-state index is -0.209. The lowest BCUT2D eigenvalue weighted by Crippen LogP contribution is -2.27. The molecule has 6 heteroatoms. The van der Waals surface area contributed by atoms with Crippen molar-refractivity contribution >= 4 is 22.6 Å². The summed E-state index contributed by atoms with van der Waals surface area (Å²) in [4.78, 5) is 42.6. The normalized spacial score (nSPS) is 10.6. The average Bonchev–Trinajstić information content (AvgIpc) is 2.67. The van der Waals surface area contributed by atoms with Gasteiger partial charge in [-0.05, 0) is 36.1 Å². The first-order chi connectivity index (χ1) is 12.6. The molecule has 3 aromatic rings. The van der Waals surface area contributed by atoms with Crippen molar-refractivity contribution in [3.05, 3.63) is 76.3 Å². The van der Waals surface area contributed by atoms with Crippen LogP contribution in [-0.4, -0.2) is 28.2 Å². The molecular weight excluding hydrogens is 330 g/mol. The minimum Gasteiger partial charge on any atom is -0.356 e. The molecule has 0 fully saturated rings. The molecule has 0 aliphatic heterocycles. The predicted octanol–water partition coefficient (Wildman–Crippen LogP) is 2.24. The van der Waals surface area contributed by atoms with E-state index in [0.717, 1.165) is 10.9 Å². The quantitative estimate of drug-likeness (QED) is 0.640. The molecule has 0 aliphatic carbocycles. The Labute approximate surface area is 150 Å². The highest BCUT2D eigenvalue weighted by atomic mass is 16.2. The number of fused-ring (bicyclic) bond motifs is 1. The maximum absolute atomic E-state index is 12.1. The summed E-state index contributed by atoms with van der Waals surface area (Å²) in [5, 5.41) is 3.71. The number of carbonyl (C=O) groups is 2. The lowest BCUT2D eigenvalue weighted by molar-refractivity contribution is -0.121. The molecule has 0 bridgehead atoms. The molecule has 2 aromatic heterocycles. The highest BCUT2D eigenvalue weighted by Gasteiger charge is 2.09. The van der Waals surface area contributed by atoms with E-state index in [9.17, 15) is 14.4 Å². The van der Waals surface area contributed by atoms with Crippen molar-refractivity contribution in [2.45, 2.75) is 19.3 Å². The summed E-state index contributed by atoms with van der Waals surface area (Å²) in [6, 6.07) is 12.8. The Balaban J connectivity index is 1.49. The van der Waals surface area contributed by atoms with E-state index in [4.69, 9.17) is 0 Å². The van der Waals surface area contributed by atoms with Crippen molar-refractivity contribution in [1.82, 2.24) is 15.3 Å². The summed E-state index contributed by atoms with van der Waals surface area (Å²) in [7, 11) is 0. The second-order valence-electron chi connectivity index (χ2n) is 5.98. The van der Waals surface area contributed by atoms with Gasteiger partial charge in [0, 0.05) is 48.4 Å². The molecule has 0 radical (unpaired) electrons. The zero-order valence-electron chi connectivity index (χ0n) is 14.2. The molecule has 6 nitrogen and oxygen atoms in total. The lowest BCUT2D eigenvalue weighted by atomic mass is 10.1. The molecule has 3 rings (SSSR count). The van der Waals surface area contributed by atoms with Crippen molar-refractivity contribution in [2.75, 3.05) is 6.54 Å². The van der Waals surface area contributed by atoms with Gasteiger partial charge in [-0.25, -0.2) is 0 Å². The predicted molar refractivity (Wildman–Crippen MR) is 99.1 cm³/mol. The molecule has 2 heterocycles. The number of hydrogen-bond donors (Lipinski definition) is 2. The summed E-state index contributed by atoms with van der Waals surface area (Å²) in [6.45, 7) is 0.349. The zero-order chi connectivity index (χ0) is 18.4. The number of carbonyl (C=O) groups excluding carboxylic acids is 2. The van der Waals surface area contributed by atoms with Gasteiger partial charge in [-0.2, -0.15) is 0 Å². The van der Waals surface area contributed by atoms with E-state index < -0.39 is 0 Å². The van der Waals surface area contributed by atoms with E-state index in [0.29, 0.717) is 24.1 Å². The largest absolute Gasteiger partial charge is 0.356 e. The highest BCUT2D eigenvalue weighted by molar-refractivity contribution is 5.97. The van der Waals surface area contributed by atoms with Gasteiger partial charge in [-0.15, -0.1) is 0 Å². The third kappa shape index (κ3) is 4.42. The second kappa shape index (κ2) is 8.20. The standard InChI is InChI=1S/C20H19N3O3/c24-18(16-5-3-10-21-13-16)7-8-19(25)22-11-9-15-12-14-4-1-2-6-17(14)23-20(15)26/h1-6,10,12-13H,7-9,11H2,(H,22,25)(H,23,26). The van der Waals surface area contributed by atoms with E-state index in [1.165, 1.54) is 6.20 Å². The minimum absolute atomic E-state index is 0.112. The first kappa shape index (κ1) is 17.5. The summed E-state index contributed by atoms with van der Waals surface area (Å²) in [6.07, 6.45) is 3.77. The lowest BCUT2D eigenvalue weighted by Gasteiger charge is -2.06. The molecule has 0 saturated carbocycles. The third-order valence-electron chi connectivity index (χ3n) is 4.11. The van der Waals surface area contributed by atoms with Crippen molar-refractivity contribution in [1.29, 1.82) is 0 Å². The van der Waals surface area contributed by atoms with Crippen molar-refractivity contribution < 1.29 is 9.59 Å². The topological polar surface area (TPSA) is 91.9 Å². The van der Waals surface area contributed by atoms with Crippen LogP contribution in [0, 0.1) is 0 Å². The van der Waals surface area contributed by atoms with E-state index in [-0.39, 0.29) is 30.1 Å². The monoisotopic (exact) mass is 349 g/mol. The zero-order valence-corrected chi connectivity index (χ0v) is 14.2. The SMILES string of the molecule is O=C(CCC(=O)c1cccnc1)NCCc1cc2ccccc2[nH]c1=O. The van der Waals surface area contributed by atoms with E-state index in [1.807, 2.05) is 30.3 Å². The van der Waals surface area contributed by atoms with Gasteiger partial charge in [0.2, 0.25) is 5.91 Å². The van der Waals surface area contributed by atoms with Gasteiger partial charge < -0.3 is 10.3 Å². The molecule has 1 aromatic carbocycles. The summed E-state index contributed by atoms with van der Waals surface area (Å²) in [5.41, 5.74) is 1.77. The van der Waals surface area contributed by atoms with Crippen LogP contribution in [0.15, 0.2) is 59.7 Å². The number of rotatable bonds is 7. The van der Waals surface area contributed by atoms with E-state index >= 15 is 0 Å². The fraction of sp³-hybridized carbons (Fsp3) is 0.200. The van der Waals surface area contributed by atoms with Crippen LogP contribution >= 0.6 is 0 Å². The third-order valence-corrected chi connectivity index (χ3v) is 4.11. The molecule has 132 valence electrons. The number of H-pyrrole nitrogens is 1. The Morgan fingerprint density at radius 2 is 1.92 bits per heavy atom. The number of benzene rings is 1. The van der Waals surface area contributed by atoms with Crippen LogP contribution in [0.25, 0.3) is 10.9 Å². The van der Waals surface area contributed by atoms with Crippen molar-refractivity contribution in [2.24, 2.45) is 0 Å². The molecule has 26 heavy (non-hydrogen) atoms. The van der Waals surface area contributed by atoms with Crippen molar-refractivity contribution in [3.8, 4) is 0 Å². The summed E-state index contributed by atoms with van der Waals surface area (Å²) >= 11 is 0. The molecular formula is C20H19N3O3. The first-order valence-corrected chi connectivity index (χ1v) is 8.44. The average molecular weight is 349 g/mol. The number of pyridine rings is 2.